The van der Waals surface area contributed by atoms with Crippen molar-refractivity contribution in [1.29, 1.82) is 0 Å². The Kier molecular flexibility index (Phi) is 8.50. The molecule has 3 fully saturated rings. The van der Waals surface area contributed by atoms with Gasteiger partial charge in [-0.3, -0.25) is 0 Å². The van der Waals surface area contributed by atoms with E-state index in [2.05, 4.69) is 170 Å². The van der Waals surface area contributed by atoms with Crippen LogP contribution in [0.2, 0.25) is 0 Å². The van der Waals surface area contributed by atoms with Gasteiger partial charge in [-0.15, -0.1) is 0 Å². The third-order valence-electron chi connectivity index (χ3n) is 14.7. The maximum absolute atomic E-state index is 2.60. The van der Waals surface area contributed by atoms with Crippen molar-refractivity contribution in [2.75, 3.05) is 4.90 Å². The average Bonchev–Trinajstić information content (AvgIpc) is 3.97. The van der Waals surface area contributed by atoms with E-state index in [1.807, 2.05) is 0 Å². The van der Waals surface area contributed by atoms with Crippen LogP contribution in [-0.2, 0) is 5.41 Å². The molecule has 4 aliphatic rings. The third-order valence-corrected chi connectivity index (χ3v) is 14.7. The highest BCUT2D eigenvalue weighted by molar-refractivity contribution is 6.02. The van der Waals surface area contributed by atoms with Crippen molar-refractivity contribution >= 4 is 27.8 Å². The molecule has 0 amide bonds. The lowest BCUT2D eigenvalue weighted by Gasteiger charge is -2.31. The van der Waals surface area contributed by atoms with Gasteiger partial charge in [0, 0.05) is 22.2 Å². The maximum Gasteiger partial charge on any atom is 0.0540 e. The summed E-state index contributed by atoms with van der Waals surface area (Å²) in [5.74, 6) is 3.16. The zero-order valence-electron chi connectivity index (χ0n) is 33.6. The van der Waals surface area contributed by atoms with Gasteiger partial charge in [-0.2, -0.15) is 0 Å². The zero-order chi connectivity index (χ0) is 38.1. The van der Waals surface area contributed by atoms with Crippen molar-refractivity contribution in [1.82, 2.24) is 0 Å². The highest BCUT2D eigenvalue weighted by Gasteiger charge is 2.41. The minimum absolute atomic E-state index is 0.195. The average molecular weight is 740 g/mol. The molecule has 0 aromatic heterocycles. The lowest BCUT2D eigenvalue weighted by atomic mass is 9.80. The van der Waals surface area contributed by atoms with E-state index in [0.717, 1.165) is 11.8 Å². The van der Waals surface area contributed by atoms with E-state index >= 15 is 0 Å². The van der Waals surface area contributed by atoms with Crippen LogP contribution < -0.4 is 4.90 Å². The minimum Gasteiger partial charge on any atom is -0.310 e. The number of fused-ring (bicyclic) bond motifs is 6. The first-order chi connectivity index (χ1) is 28.0. The van der Waals surface area contributed by atoms with Crippen molar-refractivity contribution < 1.29 is 0 Å². The Morgan fingerprint density at radius 2 is 1.26 bits per heavy atom. The van der Waals surface area contributed by atoms with Gasteiger partial charge in [-0.05, 0) is 159 Å². The Hall–Kier alpha value is -5.40. The molecule has 57 heavy (non-hydrogen) atoms. The maximum atomic E-state index is 2.60. The quantitative estimate of drug-likeness (QED) is 0.157. The normalized spacial score (nSPS) is 20.8. The molecule has 0 heterocycles. The topological polar surface area (TPSA) is 3.24 Å². The fourth-order valence-electron chi connectivity index (χ4n) is 11.7. The summed E-state index contributed by atoms with van der Waals surface area (Å²) in [6, 6.07) is 58.3. The number of hydrogen-bond acceptors (Lipinski definition) is 1. The number of benzene rings is 7. The molecule has 0 saturated heterocycles. The van der Waals surface area contributed by atoms with Gasteiger partial charge in [0.25, 0.3) is 0 Å². The van der Waals surface area contributed by atoms with E-state index in [-0.39, 0.29) is 5.41 Å². The summed E-state index contributed by atoms with van der Waals surface area (Å²) < 4.78 is 0. The predicted octanol–water partition coefficient (Wildman–Crippen LogP) is 15.9. The first-order valence-corrected chi connectivity index (χ1v) is 21.9. The molecule has 1 heteroatoms. The Balaban J connectivity index is 1.12. The van der Waals surface area contributed by atoms with E-state index in [1.165, 1.54) is 141 Å². The van der Waals surface area contributed by atoms with E-state index in [0.29, 0.717) is 11.8 Å². The number of hydrogen-bond donors (Lipinski definition) is 0. The van der Waals surface area contributed by atoms with E-state index in [4.69, 9.17) is 0 Å². The van der Waals surface area contributed by atoms with Crippen LogP contribution >= 0.6 is 0 Å². The number of anilines is 3. The van der Waals surface area contributed by atoms with Crippen LogP contribution in [0.1, 0.15) is 106 Å². The molecule has 11 rings (SSSR count). The van der Waals surface area contributed by atoms with Crippen LogP contribution in [0.15, 0.2) is 152 Å². The van der Waals surface area contributed by atoms with Crippen molar-refractivity contribution in [3.05, 3.63) is 174 Å². The molecule has 3 atom stereocenters. The second-order valence-corrected chi connectivity index (χ2v) is 18.3. The molecule has 7 aromatic rings. The second-order valence-electron chi connectivity index (χ2n) is 18.3. The molecule has 3 unspecified atom stereocenters. The molecule has 0 radical (unpaired) electrons. The van der Waals surface area contributed by atoms with Crippen LogP contribution in [0.4, 0.5) is 17.1 Å². The monoisotopic (exact) mass is 739 g/mol. The minimum atomic E-state index is -0.195. The zero-order valence-corrected chi connectivity index (χ0v) is 33.6. The Morgan fingerprint density at radius 3 is 2.00 bits per heavy atom. The van der Waals surface area contributed by atoms with Gasteiger partial charge in [-0.1, -0.05) is 149 Å². The molecule has 2 bridgehead atoms. The van der Waals surface area contributed by atoms with E-state index in [9.17, 15) is 0 Å². The van der Waals surface area contributed by atoms with Gasteiger partial charge in [0.05, 0.1) is 5.69 Å². The summed E-state index contributed by atoms with van der Waals surface area (Å²) in [7, 11) is 0. The van der Waals surface area contributed by atoms with E-state index in [1.54, 1.807) is 0 Å². The molecule has 1 nitrogen and oxygen atoms in total. The predicted molar refractivity (Wildman–Crippen MR) is 241 cm³/mol. The Morgan fingerprint density at radius 1 is 0.509 bits per heavy atom. The molecule has 0 aliphatic heterocycles. The first kappa shape index (κ1) is 34.8. The summed E-state index contributed by atoms with van der Waals surface area (Å²) >= 11 is 0. The summed E-state index contributed by atoms with van der Waals surface area (Å²) in [5, 5.41) is 2.65. The molecule has 7 aromatic carbocycles. The molecular weight excluding hydrogens is 687 g/mol. The SMILES string of the molecule is CC1(C)c2cc(-c3ccccc3)ccc2-c2c(-c3ccccc3)cc(N(c3ccc(C4CC5CCC4C5)cc3)c3cccc4ccc(C5CCCCC5)cc34)cc21. The summed E-state index contributed by atoms with van der Waals surface area (Å²) in [4.78, 5) is 2.60. The first-order valence-electron chi connectivity index (χ1n) is 21.9. The van der Waals surface area contributed by atoms with Gasteiger partial charge in [0.15, 0.2) is 0 Å². The molecule has 0 N–H and O–H groups in total. The van der Waals surface area contributed by atoms with Crippen LogP contribution in [0.25, 0.3) is 44.2 Å². The number of nitrogens with zero attached hydrogens (tertiary/aromatic N) is 1. The van der Waals surface area contributed by atoms with Crippen molar-refractivity contribution in [3.8, 4) is 33.4 Å². The van der Waals surface area contributed by atoms with Gasteiger partial charge in [0.1, 0.15) is 0 Å². The van der Waals surface area contributed by atoms with E-state index < -0.39 is 0 Å². The molecular formula is C56H53N. The summed E-state index contributed by atoms with van der Waals surface area (Å²) in [5.41, 5.74) is 17.2. The van der Waals surface area contributed by atoms with Crippen molar-refractivity contribution in [2.45, 2.75) is 88.9 Å². The van der Waals surface area contributed by atoms with Crippen LogP contribution in [0.5, 0.6) is 0 Å². The second kappa shape index (κ2) is 13.9. The third kappa shape index (κ3) is 5.96. The molecule has 3 saturated carbocycles. The highest BCUT2D eigenvalue weighted by atomic mass is 15.1. The van der Waals surface area contributed by atoms with Crippen LogP contribution in [-0.4, -0.2) is 0 Å². The van der Waals surface area contributed by atoms with Crippen LogP contribution in [0, 0.1) is 11.8 Å². The summed E-state index contributed by atoms with van der Waals surface area (Å²) in [6.45, 7) is 4.88. The van der Waals surface area contributed by atoms with Crippen molar-refractivity contribution in [2.24, 2.45) is 11.8 Å². The fraction of sp³-hybridized carbons (Fsp3) is 0.286. The lowest BCUT2D eigenvalue weighted by molar-refractivity contribution is 0.420. The Labute approximate surface area is 339 Å². The molecule has 282 valence electrons. The van der Waals surface area contributed by atoms with Gasteiger partial charge in [-0.25, -0.2) is 0 Å². The number of rotatable bonds is 7. The van der Waals surface area contributed by atoms with Crippen LogP contribution in [0.3, 0.4) is 0 Å². The molecule has 4 aliphatic carbocycles. The lowest BCUT2D eigenvalue weighted by Crippen LogP contribution is -2.17. The van der Waals surface area contributed by atoms with Gasteiger partial charge < -0.3 is 4.90 Å². The largest absolute Gasteiger partial charge is 0.310 e. The summed E-state index contributed by atoms with van der Waals surface area (Å²) in [6.07, 6.45) is 12.3. The van der Waals surface area contributed by atoms with Gasteiger partial charge in [0.2, 0.25) is 0 Å². The fourth-order valence-corrected chi connectivity index (χ4v) is 11.7. The Bertz CT molecular complexity index is 2590. The smallest absolute Gasteiger partial charge is 0.0540 e. The molecule has 0 spiro atoms. The highest BCUT2D eigenvalue weighted by Crippen LogP contribution is 2.56. The standard InChI is InChI=1S/C56H53N/c1-56(2)52-34-44(39-15-8-4-9-16-39)27-30-48(52)55-51(40-17-10-5-11-18-40)35-47(36-53(55)56)57(46-28-25-42(26-29-46)49-32-37-21-22-45(49)31-37)54-20-12-19-41-23-24-43(33-50(41)54)38-13-6-3-7-14-38/h4-5,8-12,15-20,23-30,33-38,45,49H,3,6-7,13-14,21-22,31-32H2,1-2H3. The van der Waals surface area contributed by atoms with Crippen molar-refractivity contribution in [3.63, 3.8) is 0 Å². The van der Waals surface area contributed by atoms with Gasteiger partial charge >= 0.3 is 0 Å².